The summed E-state index contributed by atoms with van der Waals surface area (Å²) in [6, 6.07) is 11.6. The van der Waals surface area contributed by atoms with Crippen molar-refractivity contribution in [2.45, 2.75) is 38.1 Å². The van der Waals surface area contributed by atoms with Crippen LogP contribution in [-0.2, 0) is 23.3 Å². The highest BCUT2D eigenvalue weighted by Gasteiger charge is 2.39. The summed E-state index contributed by atoms with van der Waals surface area (Å²) in [5.74, 6) is 0. The van der Waals surface area contributed by atoms with Crippen LogP contribution in [0, 0.1) is 0 Å². The molecule has 0 saturated heterocycles. The maximum absolute atomic E-state index is 13.0. The second kappa shape index (κ2) is 11.2. The van der Waals surface area contributed by atoms with Gasteiger partial charge in [0.25, 0.3) is 0 Å². The van der Waals surface area contributed by atoms with E-state index in [0.29, 0.717) is 37.7 Å². The van der Waals surface area contributed by atoms with Crippen molar-refractivity contribution in [2.24, 2.45) is 0 Å². The van der Waals surface area contributed by atoms with Crippen LogP contribution in [0.15, 0.2) is 41.3 Å². The average molecular weight is 455 g/mol. The van der Waals surface area contributed by atoms with E-state index in [1.54, 1.807) is 12.1 Å². The van der Waals surface area contributed by atoms with Gasteiger partial charge in [0.1, 0.15) is 0 Å². The quantitative estimate of drug-likeness (QED) is 0.368. The molecule has 30 heavy (non-hydrogen) atoms. The van der Waals surface area contributed by atoms with Gasteiger partial charge in [-0.25, -0.2) is 13.1 Å². The van der Waals surface area contributed by atoms with E-state index in [4.69, 9.17) is 13.3 Å². The number of hydrogen-bond acceptors (Lipinski definition) is 6. The molecule has 0 bridgehead atoms. The van der Waals surface area contributed by atoms with Crippen molar-refractivity contribution in [2.75, 3.05) is 45.4 Å². The highest BCUT2D eigenvalue weighted by Crippen LogP contribution is 2.30. The Balaban J connectivity index is 2.15. The van der Waals surface area contributed by atoms with Gasteiger partial charge in [0.15, 0.2) is 0 Å². The minimum absolute atomic E-state index is 0.284. The Labute approximate surface area is 181 Å². The number of sulfonamides is 1. The molecule has 0 aliphatic carbocycles. The van der Waals surface area contributed by atoms with E-state index < -0.39 is 18.8 Å². The third kappa shape index (κ3) is 6.02. The molecule has 0 spiro atoms. The van der Waals surface area contributed by atoms with E-state index in [2.05, 4.69) is 4.72 Å². The fourth-order valence-electron chi connectivity index (χ4n) is 3.48. The maximum Gasteiger partial charge on any atom is 0.500 e. The third-order valence-corrected chi connectivity index (χ3v) is 9.35. The lowest BCUT2D eigenvalue weighted by atomic mass is 10.1. The summed E-state index contributed by atoms with van der Waals surface area (Å²) in [6.45, 7) is 7.52. The zero-order chi connectivity index (χ0) is 22.2. The lowest BCUT2D eigenvalue weighted by Crippen LogP contribution is -2.46. The molecule has 2 aromatic rings. The summed E-state index contributed by atoms with van der Waals surface area (Å²) < 4.78 is 46.3. The van der Waals surface area contributed by atoms with Crippen molar-refractivity contribution in [3.63, 3.8) is 0 Å². The molecule has 168 valence electrons. The highest BCUT2D eigenvalue weighted by atomic mass is 32.2. The largest absolute Gasteiger partial charge is 0.500 e. The molecular formula is C21H34N2O5SSi. The molecule has 7 nitrogen and oxygen atoms in total. The van der Waals surface area contributed by atoms with Gasteiger partial charge in [-0.1, -0.05) is 24.3 Å². The Hall–Kier alpha value is -1.49. The smallest absolute Gasteiger partial charge is 0.377 e. The molecule has 2 aromatic carbocycles. The van der Waals surface area contributed by atoms with Gasteiger partial charge >= 0.3 is 8.80 Å². The van der Waals surface area contributed by atoms with Crippen molar-refractivity contribution in [1.82, 2.24) is 4.72 Å². The number of fused-ring (bicyclic) bond motifs is 1. The second-order valence-corrected chi connectivity index (χ2v) is 11.5. The van der Waals surface area contributed by atoms with Crippen molar-refractivity contribution in [3.05, 3.63) is 36.4 Å². The number of anilines is 1. The summed E-state index contributed by atoms with van der Waals surface area (Å²) >= 11 is 0. The van der Waals surface area contributed by atoms with Gasteiger partial charge in [-0.3, -0.25) is 0 Å². The lowest BCUT2D eigenvalue weighted by molar-refractivity contribution is 0.0709. The minimum atomic E-state index is -3.66. The molecule has 0 aliphatic heterocycles. The first-order valence-electron chi connectivity index (χ1n) is 10.4. The number of benzene rings is 2. The van der Waals surface area contributed by atoms with Crippen molar-refractivity contribution < 1.29 is 21.7 Å². The molecule has 0 unspecified atom stereocenters. The van der Waals surface area contributed by atoms with Crippen molar-refractivity contribution in [3.8, 4) is 0 Å². The third-order valence-electron chi connectivity index (χ3n) is 4.67. The molecule has 0 atom stereocenters. The van der Waals surface area contributed by atoms with E-state index in [-0.39, 0.29) is 11.4 Å². The zero-order valence-corrected chi connectivity index (χ0v) is 20.4. The Morgan fingerprint density at radius 3 is 2.03 bits per heavy atom. The molecule has 0 heterocycles. The lowest BCUT2D eigenvalue weighted by Gasteiger charge is -2.28. The molecule has 0 saturated carbocycles. The van der Waals surface area contributed by atoms with Gasteiger partial charge in [0.2, 0.25) is 10.0 Å². The fourth-order valence-corrected chi connectivity index (χ4v) is 7.39. The monoisotopic (exact) mass is 454 g/mol. The van der Waals surface area contributed by atoms with Crippen LogP contribution in [0.4, 0.5) is 5.69 Å². The average Bonchev–Trinajstić information content (AvgIpc) is 2.71. The predicted molar refractivity (Wildman–Crippen MR) is 124 cm³/mol. The first-order chi connectivity index (χ1) is 14.3. The van der Waals surface area contributed by atoms with Gasteiger partial charge in [0.05, 0.1) is 4.90 Å². The molecule has 2 rings (SSSR count). The summed E-state index contributed by atoms with van der Waals surface area (Å²) in [6.07, 6.45) is 0.569. The van der Waals surface area contributed by atoms with Crippen LogP contribution in [0.2, 0.25) is 6.04 Å². The SMILES string of the molecule is CCO[Si](CCCNS(=O)(=O)c1cccc2c(N(C)C)cccc12)(OCC)OCC. The number of nitrogens with zero attached hydrogens (tertiary/aromatic N) is 1. The normalized spacial score (nSPS) is 12.4. The van der Waals surface area contributed by atoms with Crippen molar-refractivity contribution in [1.29, 1.82) is 0 Å². The molecule has 0 aliphatic rings. The van der Waals surface area contributed by atoms with E-state index in [9.17, 15) is 8.42 Å². The van der Waals surface area contributed by atoms with Crippen LogP contribution < -0.4 is 9.62 Å². The Morgan fingerprint density at radius 2 is 1.47 bits per heavy atom. The Bertz CT molecular complexity index is 904. The van der Waals surface area contributed by atoms with E-state index >= 15 is 0 Å². The van der Waals surface area contributed by atoms with E-state index in [0.717, 1.165) is 11.1 Å². The molecule has 0 amide bonds. The van der Waals surface area contributed by atoms with Crippen LogP contribution in [0.5, 0.6) is 0 Å². The Kier molecular flexibility index (Phi) is 9.26. The molecule has 0 radical (unpaired) electrons. The van der Waals surface area contributed by atoms with Crippen molar-refractivity contribution >= 4 is 35.3 Å². The number of hydrogen-bond donors (Lipinski definition) is 1. The van der Waals surface area contributed by atoms with Gasteiger partial charge < -0.3 is 18.2 Å². The highest BCUT2D eigenvalue weighted by molar-refractivity contribution is 7.89. The standard InChI is InChI=1S/C21H34N2O5SSi/c1-6-26-30(27-7-2,28-8-3)17-11-16-22-29(24,25)21-15-10-12-18-19(21)13-9-14-20(18)23(4)5/h9-10,12-15,22H,6-8,11,16-17H2,1-5H3. The topological polar surface area (TPSA) is 77.1 Å². The maximum atomic E-state index is 13.0. The summed E-state index contributed by atoms with van der Waals surface area (Å²) in [4.78, 5) is 2.26. The molecule has 9 heteroatoms. The molecular weight excluding hydrogens is 420 g/mol. The van der Waals surface area contributed by atoms with Crippen LogP contribution in [-0.4, -0.2) is 57.7 Å². The molecule has 0 fully saturated rings. The first-order valence-corrected chi connectivity index (χ1v) is 13.8. The van der Waals surface area contributed by atoms with Gasteiger partial charge in [-0.15, -0.1) is 0 Å². The Morgan fingerprint density at radius 1 is 0.900 bits per heavy atom. The predicted octanol–water partition coefficient (Wildman–Crippen LogP) is 3.62. The van der Waals surface area contributed by atoms with Gasteiger partial charge in [-0.05, 0) is 39.3 Å². The summed E-state index contributed by atoms with van der Waals surface area (Å²) in [5.41, 5.74) is 0.977. The summed E-state index contributed by atoms with van der Waals surface area (Å²) in [5, 5.41) is 1.61. The first kappa shape index (κ1) is 24.8. The van der Waals surface area contributed by atoms with Crippen LogP contribution >= 0.6 is 0 Å². The fraction of sp³-hybridized carbons (Fsp3) is 0.524. The minimum Gasteiger partial charge on any atom is -0.377 e. The van der Waals surface area contributed by atoms with E-state index in [1.807, 2.05) is 64.0 Å². The van der Waals surface area contributed by atoms with Crippen LogP contribution in [0.1, 0.15) is 27.2 Å². The molecule has 0 aromatic heterocycles. The number of nitrogens with one attached hydrogen (secondary N) is 1. The van der Waals surface area contributed by atoms with Crippen LogP contribution in [0.25, 0.3) is 10.8 Å². The second-order valence-electron chi connectivity index (χ2n) is 7.01. The molecule has 1 N–H and O–H groups in total. The van der Waals surface area contributed by atoms with Gasteiger partial charge in [0, 0.05) is 63.0 Å². The van der Waals surface area contributed by atoms with Gasteiger partial charge in [-0.2, -0.15) is 0 Å². The summed E-state index contributed by atoms with van der Waals surface area (Å²) in [7, 11) is -2.55. The van der Waals surface area contributed by atoms with Crippen LogP contribution in [0.3, 0.4) is 0 Å². The van der Waals surface area contributed by atoms with E-state index in [1.165, 1.54) is 0 Å². The zero-order valence-electron chi connectivity index (χ0n) is 18.6. The number of rotatable bonds is 13.